The van der Waals surface area contributed by atoms with E-state index in [4.69, 9.17) is 0 Å². The van der Waals surface area contributed by atoms with E-state index in [2.05, 4.69) is 31.0 Å². The lowest BCUT2D eigenvalue weighted by molar-refractivity contribution is 0.126. The molecule has 0 amide bonds. The Balaban J connectivity index is 2.28. The van der Waals surface area contributed by atoms with Crippen molar-refractivity contribution in [3.63, 3.8) is 0 Å². The lowest BCUT2D eigenvalue weighted by Gasteiger charge is -2.39. The molecule has 1 aliphatic heterocycles. The molecule has 1 rings (SSSR count). The van der Waals surface area contributed by atoms with Gasteiger partial charge in [0.05, 0.1) is 0 Å². The molecule has 1 heterocycles. The van der Waals surface area contributed by atoms with Gasteiger partial charge in [0, 0.05) is 25.7 Å². The van der Waals surface area contributed by atoms with Gasteiger partial charge in [-0.05, 0) is 18.9 Å². The minimum Gasteiger partial charge on any atom is -0.314 e. The number of hydrogen-bond donors (Lipinski definition) is 1. The molecule has 13 heavy (non-hydrogen) atoms. The first kappa shape index (κ1) is 11.0. The van der Waals surface area contributed by atoms with Crippen molar-refractivity contribution in [1.82, 2.24) is 10.2 Å². The van der Waals surface area contributed by atoms with E-state index in [1.54, 1.807) is 0 Å². The fourth-order valence-electron chi connectivity index (χ4n) is 1.77. The zero-order valence-corrected chi connectivity index (χ0v) is 9.34. The van der Waals surface area contributed by atoms with Crippen molar-refractivity contribution in [2.24, 2.45) is 5.92 Å². The smallest absolute Gasteiger partial charge is 0.0345 e. The molecular formula is C11H24N2. The average molecular weight is 184 g/mol. The van der Waals surface area contributed by atoms with Gasteiger partial charge >= 0.3 is 0 Å². The molecule has 0 aromatic rings. The summed E-state index contributed by atoms with van der Waals surface area (Å²) in [6.07, 6.45) is 2.59. The minimum absolute atomic E-state index is 0.828. The van der Waals surface area contributed by atoms with Gasteiger partial charge in [-0.2, -0.15) is 0 Å². The lowest BCUT2D eigenvalue weighted by Crippen LogP contribution is -2.58. The van der Waals surface area contributed by atoms with Crippen LogP contribution in [0.5, 0.6) is 0 Å². The molecule has 1 saturated heterocycles. The van der Waals surface area contributed by atoms with Crippen LogP contribution in [0.25, 0.3) is 0 Å². The van der Waals surface area contributed by atoms with E-state index in [0.29, 0.717) is 0 Å². The van der Waals surface area contributed by atoms with Gasteiger partial charge in [0.25, 0.3) is 0 Å². The Labute approximate surface area is 82.7 Å². The van der Waals surface area contributed by atoms with E-state index in [1.165, 1.54) is 39.0 Å². The Morgan fingerprint density at radius 1 is 1.38 bits per heavy atom. The van der Waals surface area contributed by atoms with Crippen LogP contribution in [0.15, 0.2) is 0 Å². The van der Waals surface area contributed by atoms with Crippen molar-refractivity contribution >= 4 is 0 Å². The fraction of sp³-hybridized carbons (Fsp3) is 1.00. The second kappa shape index (κ2) is 5.61. The Bertz CT molecular complexity index is 132. The first-order valence-electron chi connectivity index (χ1n) is 5.72. The lowest BCUT2D eigenvalue weighted by atomic mass is 10.0. The SMILES string of the molecule is CCCN(CC(C)CC)C1CNC1. The van der Waals surface area contributed by atoms with Crippen LogP contribution in [0.1, 0.15) is 33.6 Å². The highest BCUT2D eigenvalue weighted by molar-refractivity contribution is 4.84. The first-order chi connectivity index (χ1) is 6.27. The van der Waals surface area contributed by atoms with Crippen LogP contribution in [0.4, 0.5) is 0 Å². The maximum Gasteiger partial charge on any atom is 0.0345 e. The largest absolute Gasteiger partial charge is 0.314 e. The molecule has 0 aliphatic carbocycles. The molecule has 1 fully saturated rings. The summed E-state index contributed by atoms with van der Waals surface area (Å²) in [5.41, 5.74) is 0. The van der Waals surface area contributed by atoms with Crippen molar-refractivity contribution in [2.45, 2.75) is 39.7 Å². The molecule has 0 radical (unpaired) electrons. The Kier molecular flexibility index (Phi) is 4.74. The molecule has 0 spiro atoms. The molecule has 2 heteroatoms. The topological polar surface area (TPSA) is 15.3 Å². The summed E-state index contributed by atoms with van der Waals surface area (Å²) < 4.78 is 0. The number of hydrogen-bond acceptors (Lipinski definition) is 2. The fourth-order valence-corrected chi connectivity index (χ4v) is 1.77. The predicted molar refractivity (Wildman–Crippen MR) is 58.0 cm³/mol. The highest BCUT2D eigenvalue weighted by Crippen LogP contribution is 2.11. The van der Waals surface area contributed by atoms with Gasteiger partial charge in [-0.15, -0.1) is 0 Å². The Morgan fingerprint density at radius 2 is 2.08 bits per heavy atom. The molecule has 0 saturated carbocycles. The number of nitrogens with one attached hydrogen (secondary N) is 1. The average Bonchev–Trinajstić information content (AvgIpc) is 2.01. The van der Waals surface area contributed by atoms with Gasteiger partial charge < -0.3 is 5.32 Å². The maximum atomic E-state index is 3.35. The molecule has 1 atom stereocenters. The van der Waals surface area contributed by atoms with Crippen molar-refractivity contribution < 1.29 is 0 Å². The highest BCUT2D eigenvalue weighted by Gasteiger charge is 2.24. The summed E-state index contributed by atoms with van der Waals surface area (Å²) >= 11 is 0. The Morgan fingerprint density at radius 3 is 2.46 bits per heavy atom. The summed E-state index contributed by atoms with van der Waals surface area (Å²) in [6.45, 7) is 11.9. The normalized spacial score (nSPS) is 20.3. The molecule has 1 aliphatic rings. The van der Waals surface area contributed by atoms with Crippen LogP contribution in [0.2, 0.25) is 0 Å². The zero-order chi connectivity index (χ0) is 9.68. The van der Waals surface area contributed by atoms with Crippen molar-refractivity contribution in [3.8, 4) is 0 Å². The second-order valence-electron chi connectivity index (χ2n) is 4.32. The van der Waals surface area contributed by atoms with E-state index < -0.39 is 0 Å². The van der Waals surface area contributed by atoms with Crippen LogP contribution in [0.3, 0.4) is 0 Å². The summed E-state index contributed by atoms with van der Waals surface area (Å²) in [4.78, 5) is 2.66. The molecule has 0 aromatic carbocycles. The third-order valence-corrected chi connectivity index (χ3v) is 3.03. The van der Waals surface area contributed by atoms with E-state index in [-0.39, 0.29) is 0 Å². The monoisotopic (exact) mass is 184 g/mol. The quantitative estimate of drug-likeness (QED) is 0.676. The summed E-state index contributed by atoms with van der Waals surface area (Å²) in [7, 11) is 0. The second-order valence-corrected chi connectivity index (χ2v) is 4.32. The molecule has 1 unspecified atom stereocenters. The van der Waals surface area contributed by atoms with E-state index in [9.17, 15) is 0 Å². The number of nitrogens with zero attached hydrogens (tertiary/aromatic N) is 1. The molecule has 0 aromatic heterocycles. The molecule has 78 valence electrons. The van der Waals surface area contributed by atoms with E-state index in [0.717, 1.165) is 12.0 Å². The molecular weight excluding hydrogens is 160 g/mol. The van der Waals surface area contributed by atoms with Gasteiger partial charge in [0.2, 0.25) is 0 Å². The van der Waals surface area contributed by atoms with Crippen LogP contribution >= 0.6 is 0 Å². The molecule has 2 nitrogen and oxygen atoms in total. The van der Waals surface area contributed by atoms with Crippen molar-refractivity contribution in [2.75, 3.05) is 26.2 Å². The predicted octanol–water partition coefficient (Wildman–Crippen LogP) is 1.72. The highest BCUT2D eigenvalue weighted by atomic mass is 15.2. The van der Waals surface area contributed by atoms with Crippen LogP contribution < -0.4 is 5.32 Å². The summed E-state index contributed by atoms with van der Waals surface area (Å²) in [5.74, 6) is 0.854. The van der Waals surface area contributed by atoms with Crippen LogP contribution in [-0.2, 0) is 0 Å². The van der Waals surface area contributed by atoms with Gasteiger partial charge in [0.15, 0.2) is 0 Å². The van der Waals surface area contributed by atoms with Gasteiger partial charge in [0.1, 0.15) is 0 Å². The first-order valence-corrected chi connectivity index (χ1v) is 5.72. The number of rotatable bonds is 6. The van der Waals surface area contributed by atoms with Gasteiger partial charge in [-0.25, -0.2) is 0 Å². The Hall–Kier alpha value is -0.0800. The third-order valence-electron chi connectivity index (χ3n) is 3.03. The van der Waals surface area contributed by atoms with Crippen LogP contribution in [-0.4, -0.2) is 37.1 Å². The van der Waals surface area contributed by atoms with Crippen molar-refractivity contribution in [3.05, 3.63) is 0 Å². The van der Waals surface area contributed by atoms with E-state index >= 15 is 0 Å². The zero-order valence-electron chi connectivity index (χ0n) is 9.34. The third kappa shape index (κ3) is 3.28. The van der Waals surface area contributed by atoms with Crippen LogP contribution in [0, 0.1) is 5.92 Å². The van der Waals surface area contributed by atoms with Gasteiger partial charge in [-0.3, -0.25) is 4.90 Å². The molecule has 0 bridgehead atoms. The maximum absolute atomic E-state index is 3.35. The van der Waals surface area contributed by atoms with Gasteiger partial charge in [-0.1, -0.05) is 27.2 Å². The molecule has 1 N–H and O–H groups in total. The van der Waals surface area contributed by atoms with E-state index in [1.807, 2.05) is 0 Å². The standard InChI is InChI=1S/C11H24N2/c1-4-6-13(9-10(3)5-2)11-7-12-8-11/h10-12H,4-9H2,1-3H3. The minimum atomic E-state index is 0.828. The summed E-state index contributed by atoms with van der Waals surface area (Å²) in [6, 6.07) is 0.828. The van der Waals surface area contributed by atoms with Crippen molar-refractivity contribution in [1.29, 1.82) is 0 Å². The summed E-state index contributed by atoms with van der Waals surface area (Å²) in [5, 5.41) is 3.35.